The van der Waals surface area contributed by atoms with E-state index in [4.69, 9.17) is 32.4 Å². The van der Waals surface area contributed by atoms with E-state index < -0.39 is 0 Å². The van der Waals surface area contributed by atoms with E-state index in [0.717, 1.165) is 0 Å². The van der Waals surface area contributed by atoms with Crippen LogP contribution in [0.2, 0.25) is 10.0 Å². The fourth-order valence-electron chi connectivity index (χ4n) is 4.21. The molecule has 0 saturated carbocycles. The van der Waals surface area contributed by atoms with Gasteiger partial charge in [0.15, 0.2) is 22.9 Å². The summed E-state index contributed by atoms with van der Waals surface area (Å²) in [5, 5.41) is 19.8. The fraction of sp³-hybridized carbons (Fsp3) is 0.375. The van der Waals surface area contributed by atoms with Gasteiger partial charge in [-0.15, -0.1) is 0 Å². The maximum absolute atomic E-state index is 13.2. The molecule has 9 nitrogen and oxygen atoms in total. The first kappa shape index (κ1) is 25.4. The number of rotatable bonds is 8. The number of Topliss-reactive ketones (excluding diaryl/α,β-unsaturated/α-hetero) is 1. The van der Waals surface area contributed by atoms with Gasteiger partial charge >= 0.3 is 0 Å². The summed E-state index contributed by atoms with van der Waals surface area (Å²) in [5.41, 5.74) is 1.12. The molecule has 0 spiro atoms. The van der Waals surface area contributed by atoms with Crippen LogP contribution < -0.4 is 4.74 Å². The monoisotopic (exact) mass is 521 g/mol. The van der Waals surface area contributed by atoms with Crippen LogP contribution in [-0.4, -0.2) is 89.2 Å². The van der Waals surface area contributed by atoms with Crippen molar-refractivity contribution in [1.29, 1.82) is 0 Å². The molecule has 35 heavy (non-hydrogen) atoms. The van der Waals surface area contributed by atoms with Gasteiger partial charge in [0.05, 0.1) is 36.4 Å². The van der Waals surface area contributed by atoms with E-state index in [2.05, 4.69) is 4.98 Å². The number of furan rings is 1. The molecule has 0 radical (unpaired) electrons. The molecule has 2 aromatic heterocycles. The lowest BCUT2D eigenvalue weighted by molar-refractivity contribution is 0.0305. The quantitative estimate of drug-likeness (QED) is 0.434. The molecule has 1 fully saturated rings. The molecule has 1 saturated heterocycles. The smallest absolute Gasteiger partial charge is 0.289 e. The molecular formula is C24H25Cl2N3O6. The number of ether oxygens (including phenoxy) is 1. The van der Waals surface area contributed by atoms with Crippen molar-refractivity contribution in [3.05, 3.63) is 57.5 Å². The Kier molecular flexibility index (Phi) is 7.93. The SMILES string of the molecule is COc1ccc(C(=O)Cc2c(Cl)cncc2Cl)c2cc(C(=O)N3CCN(C(CO)CO)CC3)oc12. The zero-order valence-electron chi connectivity index (χ0n) is 19.0. The number of methoxy groups -OCH3 is 1. The Morgan fingerprint density at radius 2 is 1.77 bits per heavy atom. The highest BCUT2D eigenvalue weighted by Crippen LogP contribution is 2.34. The van der Waals surface area contributed by atoms with Crippen molar-refractivity contribution in [3.63, 3.8) is 0 Å². The summed E-state index contributed by atoms with van der Waals surface area (Å²) in [6.45, 7) is 1.54. The second kappa shape index (κ2) is 10.9. The number of benzene rings is 1. The molecule has 0 unspecified atom stereocenters. The minimum atomic E-state index is -0.348. The highest BCUT2D eigenvalue weighted by molar-refractivity contribution is 6.36. The number of hydrogen-bond donors (Lipinski definition) is 2. The van der Waals surface area contributed by atoms with Crippen molar-refractivity contribution in [2.24, 2.45) is 0 Å². The van der Waals surface area contributed by atoms with Gasteiger partial charge in [0.25, 0.3) is 5.91 Å². The van der Waals surface area contributed by atoms with Crippen LogP contribution in [0.25, 0.3) is 11.0 Å². The third kappa shape index (κ3) is 5.14. The molecule has 2 N–H and O–H groups in total. The largest absolute Gasteiger partial charge is 0.493 e. The van der Waals surface area contributed by atoms with Gasteiger partial charge in [-0.3, -0.25) is 19.5 Å². The van der Waals surface area contributed by atoms with Crippen LogP contribution in [0.5, 0.6) is 5.75 Å². The average Bonchev–Trinajstić information content (AvgIpc) is 3.32. The minimum absolute atomic E-state index is 0.0467. The van der Waals surface area contributed by atoms with Crippen LogP contribution in [0, 0.1) is 0 Å². The second-order valence-corrected chi connectivity index (χ2v) is 9.01. The number of aliphatic hydroxyl groups is 2. The summed E-state index contributed by atoms with van der Waals surface area (Å²) in [6.07, 6.45) is 2.81. The Balaban J connectivity index is 1.60. The number of halogens is 2. The summed E-state index contributed by atoms with van der Waals surface area (Å²) in [7, 11) is 1.48. The lowest BCUT2D eigenvalue weighted by atomic mass is 10.00. The zero-order valence-corrected chi connectivity index (χ0v) is 20.6. The summed E-state index contributed by atoms with van der Waals surface area (Å²) in [4.78, 5) is 33.9. The Morgan fingerprint density at radius 1 is 1.11 bits per heavy atom. The van der Waals surface area contributed by atoms with Gasteiger partial charge in [0.2, 0.25) is 0 Å². The molecule has 3 heterocycles. The number of carbonyl (C=O) groups is 2. The average molecular weight is 522 g/mol. The number of hydrogen-bond acceptors (Lipinski definition) is 8. The topological polar surface area (TPSA) is 116 Å². The summed E-state index contributed by atoms with van der Waals surface area (Å²) >= 11 is 12.4. The summed E-state index contributed by atoms with van der Waals surface area (Å²) < 4.78 is 11.3. The summed E-state index contributed by atoms with van der Waals surface area (Å²) in [6, 6.07) is 4.45. The van der Waals surface area contributed by atoms with Crippen molar-refractivity contribution in [1.82, 2.24) is 14.8 Å². The summed E-state index contributed by atoms with van der Waals surface area (Å²) in [5.74, 6) is -0.0758. The maximum atomic E-state index is 13.2. The van der Waals surface area contributed by atoms with E-state index in [9.17, 15) is 19.8 Å². The number of amides is 1. The first-order chi connectivity index (χ1) is 16.9. The van der Waals surface area contributed by atoms with Crippen molar-refractivity contribution in [3.8, 4) is 5.75 Å². The molecule has 186 valence electrons. The Bertz CT molecular complexity index is 1220. The number of aromatic nitrogens is 1. The van der Waals surface area contributed by atoms with Crippen LogP contribution in [0.1, 0.15) is 26.5 Å². The van der Waals surface area contributed by atoms with Crippen molar-refractivity contribution >= 4 is 45.9 Å². The zero-order chi connectivity index (χ0) is 25.1. The van der Waals surface area contributed by atoms with Gasteiger partial charge in [-0.1, -0.05) is 23.2 Å². The molecule has 1 aromatic carbocycles. The highest BCUT2D eigenvalue weighted by Gasteiger charge is 2.29. The molecule has 11 heteroatoms. The normalized spacial score (nSPS) is 14.6. The molecule has 4 rings (SSSR count). The van der Waals surface area contributed by atoms with E-state index in [-0.39, 0.29) is 43.1 Å². The standard InChI is InChI=1S/C24H25Cl2N3O6/c1-34-21-3-2-15(20(32)8-17-18(25)10-27-11-19(17)26)16-9-22(35-23(16)21)24(33)29-6-4-28(5-7-29)14(12-30)13-31/h2-3,9-11,14,30-31H,4-8,12-13H2,1H3. The Morgan fingerprint density at radius 3 is 2.37 bits per heavy atom. The van der Waals surface area contributed by atoms with E-state index in [1.165, 1.54) is 19.5 Å². The molecule has 1 amide bonds. The lowest BCUT2D eigenvalue weighted by Crippen LogP contribution is -2.53. The molecule has 0 bridgehead atoms. The number of pyridine rings is 1. The number of fused-ring (bicyclic) bond motifs is 1. The molecular weight excluding hydrogens is 497 g/mol. The van der Waals surface area contributed by atoms with E-state index in [1.807, 2.05) is 4.90 Å². The van der Waals surface area contributed by atoms with Crippen LogP contribution in [0.15, 0.2) is 35.0 Å². The molecule has 3 aromatic rings. The predicted molar refractivity (Wildman–Crippen MR) is 130 cm³/mol. The molecule has 1 aliphatic rings. The van der Waals surface area contributed by atoms with Gasteiger partial charge in [0, 0.05) is 61.5 Å². The van der Waals surface area contributed by atoms with Crippen LogP contribution in [0.3, 0.4) is 0 Å². The van der Waals surface area contributed by atoms with Crippen LogP contribution in [0.4, 0.5) is 0 Å². The van der Waals surface area contributed by atoms with Gasteiger partial charge in [-0.25, -0.2) is 0 Å². The lowest BCUT2D eigenvalue weighted by Gasteiger charge is -2.37. The third-order valence-electron chi connectivity index (χ3n) is 6.21. The highest BCUT2D eigenvalue weighted by atomic mass is 35.5. The van der Waals surface area contributed by atoms with Crippen LogP contribution >= 0.6 is 23.2 Å². The number of piperazine rings is 1. The van der Waals surface area contributed by atoms with Gasteiger partial charge in [0.1, 0.15) is 0 Å². The number of aliphatic hydroxyl groups excluding tert-OH is 2. The van der Waals surface area contributed by atoms with Crippen molar-refractivity contribution in [2.45, 2.75) is 12.5 Å². The van der Waals surface area contributed by atoms with E-state index in [0.29, 0.717) is 64.1 Å². The Hall–Kier alpha value is -2.69. The predicted octanol–water partition coefficient (Wildman–Crippen LogP) is 2.68. The second-order valence-electron chi connectivity index (χ2n) is 8.20. The molecule has 1 aliphatic heterocycles. The number of ketones is 1. The number of carbonyl (C=O) groups excluding carboxylic acids is 2. The fourth-order valence-corrected chi connectivity index (χ4v) is 4.70. The van der Waals surface area contributed by atoms with Gasteiger partial charge < -0.3 is 24.3 Å². The third-order valence-corrected chi connectivity index (χ3v) is 6.86. The van der Waals surface area contributed by atoms with E-state index >= 15 is 0 Å². The van der Waals surface area contributed by atoms with Crippen molar-refractivity contribution in [2.75, 3.05) is 46.5 Å². The molecule has 0 atom stereocenters. The van der Waals surface area contributed by atoms with Gasteiger partial charge in [-0.2, -0.15) is 0 Å². The maximum Gasteiger partial charge on any atom is 0.289 e. The van der Waals surface area contributed by atoms with Gasteiger partial charge in [-0.05, 0) is 18.2 Å². The number of nitrogens with zero attached hydrogens (tertiary/aromatic N) is 3. The molecule has 0 aliphatic carbocycles. The Labute approximate surface area is 211 Å². The first-order valence-electron chi connectivity index (χ1n) is 11.0. The van der Waals surface area contributed by atoms with E-state index in [1.54, 1.807) is 23.1 Å². The minimum Gasteiger partial charge on any atom is -0.493 e. The van der Waals surface area contributed by atoms with Crippen LogP contribution in [-0.2, 0) is 6.42 Å². The van der Waals surface area contributed by atoms with Crippen molar-refractivity contribution < 1.29 is 29.0 Å². The first-order valence-corrected chi connectivity index (χ1v) is 11.8.